The molecular weight excluding hydrogens is 757 g/mol. The van der Waals surface area contributed by atoms with Crippen LogP contribution in [0.1, 0.15) is 94.7 Å². The number of H-pyrrole nitrogens is 2. The van der Waals surface area contributed by atoms with Gasteiger partial charge in [0.25, 0.3) is 0 Å². The first-order valence-electron chi connectivity index (χ1n) is 20.0. The molecular formula is C43H50N8O8. The molecule has 4 aromatic rings. The Morgan fingerprint density at radius 2 is 1.51 bits per heavy atom. The number of carbonyl (C=O) groups is 5. The highest BCUT2D eigenvalue weighted by molar-refractivity contribution is 5.88. The van der Waals surface area contributed by atoms with Crippen LogP contribution in [0.5, 0.6) is 0 Å². The minimum Gasteiger partial charge on any atom is -0.457 e. The number of likely N-dealkylation sites (tertiary alicyclic amines) is 2. The Morgan fingerprint density at radius 3 is 2.14 bits per heavy atom. The largest absolute Gasteiger partial charge is 0.457 e. The number of hydrogen-bond donors (Lipinski definition) is 4. The van der Waals surface area contributed by atoms with Crippen LogP contribution in [0.15, 0.2) is 48.7 Å². The summed E-state index contributed by atoms with van der Waals surface area (Å²) in [5, 5.41) is 5.35. The summed E-state index contributed by atoms with van der Waals surface area (Å²) in [6, 6.07) is 11.2. The molecule has 2 aromatic carbocycles. The van der Waals surface area contributed by atoms with E-state index in [2.05, 4.69) is 37.4 Å². The van der Waals surface area contributed by atoms with E-state index in [0.29, 0.717) is 36.6 Å². The monoisotopic (exact) mass is 806 g/mol. The van der Waals surface area contributed by atoms with E-state index in [9.17, 15) is 24.0 Å². The molecule has 4 N–H and O–H groups in total. The molecule has 0 bridgehead atoms. The molecule has 0 aliphatic carbocycles. The van der Waals surface area contributed by atoms with Crippen LogP contribution in [0.25, 0.3) is 22.3 Å². The van der Waals surface area contributed by atoms with E-state index in [4.69, 9.17) is 19.2 Å². The maximum atomic E-state index is 14.0. The number of fused-ring (bicyclic) bond motifs is 1. The Morgan fingerprint density at radius 1 is 0.864 bits per heavy atom. The van der Waals surface area contributed by atoms with Crippen LogP contribution in [-0.4, -0.2) is 105 Å². The van der Waals surface area contributed by atoms with Gasteiger partial charge in [-0.25, -0.2) is 19.6 Å². The molecule has 0 radical (unpaired) electrons. The number of ether oxygens (including phenoxy) is 3. The summed E-state index contributed by atoms with van der Waals surface area (Å²) in [4.78, 5) is 83.7. The molecule has 16 heteroatoms. The lowest BCUT2D eigenvalue weighted by molar-refractivity contribution is -0.149. The van der Waals surface area contributed by atoms with Crippen molar-refractivity contribution in [3.63, 3.8) is 0 Å². The maximum Gasteiger partial charge on any atom is 0.407 e. The second-order valence-corrected chi connectivity index (χ2v) is 16.1. The van der Waals surface area contributed by atoms with Gasteiger partial charge < -0.3 is 44.6 Å². The highest BCUT2D eigenvalue weighted by Gasteiger charge is 2.54. The number of hydrogen-bond acceptors (Lipinski definition) is 10. The molecule has 3 saturated heterocycles. The normalized spacial score (nSPS) is 21.1. The van der Waals surface area contributed by atoms with Crippen LogP contribution in [0.3, 0.4) is 0 Å². The highest BCUT2D eigenvalue weighted by atomic mass is 16.6. The SMILES string of the molecule is COC(=O)N[C@H](C(=O)N1CCC[C@H]1c1ncc(-c2ccc(C#Cc3ccc4nc([C@@H]5C[C@@]6(CCC(=O)O6)CN5C(=O)[C@@H](NC(=O)OC)C(C)C)[nH]c4c3)cc2)[nH]1)C(C)C. The molecule has 3 aliphatic rings. The zero-order chi connectivity index (χ0) is 42.0. The maximum absolute atomic E-state index is 14.0. The van der Waals surface area contributed by atoms with Gasteiger partial charge in [-0.05, 0) is 67.0 Å². The average Bonchev–Trinajstić information content (AvgIpc) is 4.08. The molecule has 59 heavy (non-hydrogen) atoms. The quantitative estimate of drug-likeness (QED) is 0.0999. The first-order valence-corrected chi connectivity index (χ1v) is 20.0. The third-order valence-corrected chi connectivity index (χ3v) is 11.4. The number of aromatic nitrogens is 4. The van der Waals surface area contributed by atoms with Crippen molar-refractivity contribution in [2.75, 3.05) is 27.3 Å². The zero-order valence-corrected chi connectivity index (χ0v) is 34.1. The van der Waals surface area contributed by atoms with Crippen LogP contribution in [0.2, 0.25) is 0 Å². The molecule has 7 rings (SSSR count). The number of nitrogens with zero attached hydrogens (tertiary/aromatic N) is 4. The number of rotatable bonds is 9. The topological polar surface area (TPSA) is 201 Å². The molecule has 5 heterocycles. The van der Waals surface area contributed by atoms with Crippen molar-refractivity contribution in [3.8, 4) is 23.1 Å². The van der Waals surface area contributed by atoms with Gasteiger partial charge in [0.1, 0.15) is 29.3 Å². The molecule has 3 fully saturated rings. The Bertz CT molecular complexity index is 2310. The van der Waals surface area contributed by atoms with E-state index in [1.54, 1.807) is 16.0 Å². The summed E-state index contributed by atoms with van der Waals surface area (Å²) < 4.78 is 15.3. The summed E-state index contributed by atoms with van der Waals surface area (Å²) in [6.07, 6.45) is 3.15. The minimum absolute atomic E-state index is 0.123. The lowest BCUT2D eigenvalue weighted by Gasteiger charge is -2.30. The number of methoxy groups -OCH3 is 2. The second kappa shape index (κ2) is 16.8. The number of carbonyl (C=O) groups excluding carboxylic acids is 5. The third-order valence-electron chi connectivity index (χ3n) is 11.4. The number of imidazole rings is 2. The fraction of sp³-hybridized carbons (Fsp3) is 0.465. The van der Waals surface area contributed by atoms with E-state index < -0.39 is 35.9 Å². The standard InChI is InChI=1S/C43H50N8O8/c1-24(2)35(48-41(55)57-5)39(53)50-19-7-8-32(50)37-44-22-31(47-37)28-14-11-26(12-15-28)9-10-27-13-16-29-30(20-27)46-38(45-29)33-21-43(18-17-34(52)59-43)23-51(33)40(54)36(25(3)4)49-42(56)58-6/h11-16,20,22,24-25,32-33,35-36H,7-8,17-19,21,23H2,1-6H3,(H,44,47)(H,45,46)(H,48,55)(H,49,56)/t32-,33-,35-,36-,43-/m0/s1. The molecule has 1 spiro atoms. The number of nitrogens with one attached hydrogen (secondary N) is 4. The number of alkyl carbamates (subject to hydrolysis) is 2. The van der Waals surface area contributed by atoms with Crippen LogP contribution >= 0.6 is 0 Å². The van der Waals surface area contributed by atoms with Crippen molar-refractivity contribution >= 4 is 41.0 Å². The molecule has 310 valence electrons. The fourth-order valence-electron chi connectivity index (χ4n) is 8.22. The van der Waals surface area contributed by atoms with Crippen molar-refractivity contribution < 1.29 is 38.2 Å². The van der Waals surface area contributed by atoms with E-state index in [0.717, 1.165) is 40.7 Å². The summed E-state index contributed by atoms with van der Waals surface area (Å²) in [5.74, 6) is 6.61. The molecule has 4 amide bonds. The van der Waals surface area contributed by atoms with Crippen molar-refractivity contribution in [1.29, 1.82) is 0 Å². The van der Waals surface area contributed by atoms with Crippen LogP contribution in [0.4, 0.5) is 9.59 Å². The Hall–Kier alpha value is -6.37. The average molecular weight is 807 g/mol. The lowest BCUT2D eigenvalue weighted by atomic mass is 9.96. The molecule has 0 saturated carbocycles. The van der Waals surface area contributed by atoms with Gasteiger partial charge in [-0.2, -0.15) is 0 Å². The van der Waals surface area contributed by atoms with Crippen molar-refractivity contribution in [1.82, 2.24) is 40.4 Å². The van der Waals surface area contributed by atoms with E-state index in [1.807, 2.05) is 70.2 Å². The van der Waals surface area contributed by atoms with Crippen molar-refractivity contribution in [2.45, 2.75) is 89.6 Å². The minimum atomic E-state index is -0.850. The van der Waals surface area contributed by atoms with Crippen LogP contribution < -0.4 is 10.6 Å². The van der Waals surface area contributed by atoms with Gasteiger partial charge in [0.2, 0.25) is 11.8 Å². The summed E-state index contributed by atoms with van der Waals surface area (Å²) in [6.45, 7) is 8.23. The number of esters is 1. The van der Waals surface area contributed by atoms with Gasteiger partial charge in [-0.3, -0.25) is 14.4 Å². The van der Waals surface area contributed by atoms with Crippen molar-refractivity contribution in [3.05, 3.63) is 71.4 Å². The fourth-order valence-corrected chi connectivity index (χ4v) is 8.22. The van der Waals surface area contributed by atoms with Gasteiger partial charge in [-0.15, -0.1) is 0 Å². The summed E-state index contributed by atoms with van der Waals surface area (Å²) in [5.41, 5.74) is 3.90. The number of amides is 4. The molecule has 5 atom stereocenters. The van der Waals surface area contributed by atoms with Gasteiger partial charge in [0.05, 0.1) is 55.8 Å². The number of benzene rings is 2. The predicted octanol–water partition coefficient (Wildman–Crippen LogP) is 5.13. The predicted molar refractivity (Wildman–Crippen MR) is 215 cm³/mol. The molecule has 0 unspecified atom stereocenters. The van der Waals surface area contributed by atoms with E-state index in [-0.39, 0.29) is 48.6 Å². The smallest absolute Gasteiger partial charge is 0.407 e. The van der Waals surface area contributed by atoms with E-state index >= 15 is 0 Å². The first kappa shape index (κ1) is 40.8. The molecule has 3 aliphatic heterocycles. The molecule has 16 nitrogen and oxygen atoms in total. The lowest BCUT2D eigenvalue weighted by Crippen LogP contribution is -2.52. The summed E-state index contributed by atoms with van der Waals surface area (Å²) >= 11 is 0. The second-order valence-electron chi connectivity index (χ2n) is 16.1. The Kier molecular flexibility index (Phi) is 11.7. The Labute approximate surface area is 342 Å². The highest BCUT2D eigenvalue weighted by Crippen LogP contribution is 2.45. The van der Waals surface area contributed by atoms with E-state index in [1.165, 1.54) is 14.2 Å². The van der Waals surface area contributed by atoms with Gasteiger partial charge in [0.15, 0.2) is 0 Å². The number of aromatic amines is 2. The third kappa shape index (κ3) is 8.60. The molecule has 2 aromatic heterocycles. The van der Waals surface area contributed by atoms with Crippen molar-refractivity contribution in [2.24, 2.45) is 11.8 Å². The summed E-state index contributed by atoms with van der Waals surface area (Å²) in [7, 11) is 2.53. The Balaban J connectivity index is 1.05. The zero-order valence-electron chi connectivity index (χ0n) is 34.1. The van der Waals surface area contributed by atoms with Gasteiger partial charge in [-0.1, -0.05) is 51.7 Å². The van der Waals surface area contributed by atoms with Gasteiger partial charge in [0, 0.05) is 30.5 Å². The van der Waals surface area contributed by atoms with Crippen LogP contribution in [0, 0.1) is 23.7 Å². The van der Waals surface area contributed by atoms with Gasteiger partial charge >= 0.3 is 18.2 Å². The first-order chi connectivity index (χ1) is 28.3. The van der Waals surface area contributed by atoms with Crippen LogP contribution in [-0.2, 0) is 28.6 Å².